The van der Waals surface area contributed by atoms with E-state index in [1.54, 1.807) is 36.3 Å². The van der Waals surface area contributed by atoms with E-state index in [9.17, 15) is 9.18 Å². The highest BCUT2D eigenvalue weighted by Gasteiger charge is 2.25. The molecule has 4 rings (SSSR count). The zero-order chi connectivity index (χ0) is 20.4. The minimum absolute atomic E-state index is 0.147. The van der Waals surface area contributed by atoms with E-state index in [0.29, 0.717) is 30.2 Å². The van der Waals surface area contributed by atoms with Gasteiger partial charge < -0.3 is 9.64 Å². The van der Waals surface area contributed by atoms with Crippen LogP contribution in [0.3, 0.4) is 0 Å². The summed E-state index contributed by atoms with van der Waals surface area (Å²) in [4.78, 5) is 14.6. The molecule has 1 aliphatic rings. The minimum atomic E-state index is -1.23. The van der Waals surface area contributed by atoms with Gasteiger partial charge in [-0.1, -0.05) is 18.2 Å². The summed E-state index contributed by atoms with van der Waals surface area (Å²) in [6.07, 6.45) is 3.07. The van der Waals surface area contributed by atoms with Gasteiger partial charge in [0.2, 0.25) is 12.4 Å². The molecule has 0 radical (unpaired) electrons. The van der Waals surface area contributed by atoms with Gasteiger partial charge in [0.15, 0.2) is 5.75 Å². The Labute approximate surface area is 167 Å². The number of carbonyl (C=O) groups is 1. The lowest BCUT2D eigenvalue weighted by atomic mass is 10.1. The van der Waals surface area contributed by atoms with Crippen molar-refractivity contribution >= 4 is 34.9 Å². The minimum Gasteiger partial charge on any atom is -0.487 e. The van der Waals surface area contributed by atoms with Crippen LogP contribution in [0, 0.1) is 0 Å². The van der Waals surface area contributed by atoms with Crippen LogP contribution in [-0.4, -0.2) is 57.9 Å². The molecule has 0 saturated carbocycles. The Morgan fingerprint density at radius 1 is 1.34 bits per heavy atom. The number of para-hydroxylation sites is 1. The molecule has 29 heavy (non-hydrogen) atoms. The lowest BCUT2D eigenvalue weighted by Crippen LogP contribution is -2.26. The molecule has 1 unspecified atom stereocenters. The van der Waals surface area contributed by atoms with Crippen LogP contribution in [0.25, 0.3) is 10.9 Å². The van der Waals surface area contributed by atoms with Gasteiger partial charge in [-0.05, 0) is 34.4 Å². The number of hydrogen-bond acceptors (Lipinski definition) is 4. The lowest BCUT2D eigenvalue weighted by Gasteiger charge is -2.18. The average Bonchev–Trinajstić information content (AvgIpc) is 3.37. The number of fused-ring (bicyclic) bond motifs is 1. The Morgan fingerprint density at radius 2 is 2.21 bits per heavy atom. The van der Waals surface area contributed by atoms with Gasteiger partial charge in [0.25, 0.3) is 11.6 Å². The van der Waals surface area contributed by atoms with E-state index in [0.717, 1.165) is 16.5 Å². The molecule has 1 amide bonds. The van der Waals surface area contributed by atoms with Crippen molar-refractivity contribution in [2.45, 2.75) is 19.6 Å². The zero-order valence-corrected chi connectivity index (χ0v) is 16.2. The third kappa shape index (κ3) is 3.73. The summed E-state index contributed by atoms with van der Waals surface area (Å²) in [5.41, 5.74) is 2.97. The Balaban J connectivity index is 1.59. The number of aromatic amines is 1. The summed E-state index contributed by atoms with van der Waals surface area (Å²) >= 11 is 0. The number of halogens is 1. The fraction of sp³-hybridized carbons (Fsp3) is 0.238. The molecule has 1 atom stereocenters. The Kier molecular flexibility index (Phi) is 5.07. The number of nitrogens with zero attached hydrogens (tertiary/aromatic N) is 4. The van der Waals surface area contributed by atoms with Crippen LogP contribution in [0.1, 0.15) is 22.8 Å². The number of carbonyl (C=O) groups excluding carboxylic acids is 1. The summed E-state index contributed by atoms with van der Waals surface area (Å²) in [5.74, 6) is 0.330. The van der Waals surface area contributed by atoms with Gasteiger partial charge in [-0.3, -0.25) is 9.89 Å². The largest absolute Gasteiger partial charge is 0.487 e. The van der Waals surface area contributed by atoms with Gasteiger partial charge in [-0.15, -0.1) is 0 Å². The van der Waals surface area contributed by atoms with Crippen molar-refractivity contribution in [2.24, 2.45) is 5.10 Å². The van der Waals surface area contributed by atoms with Gasteiger partial charge in [-0.25, -0.2) is 4.39 Å². The monoisotopic (exact) mass is 394 g/mol. The van der Waals surface area contributed by atoms with E-state index in [-0.39, 0.29) is 5.91 Å². The van der Waals surface area contributed by atoms with Crippen molar-refractivity contribution in [2.75, 3.05) is 13.7 Å². The smallest absolute Gasteiger partial charge is 0.279 e. The molecule has 0 fully saturated rings. The number of rotatable bonds is 6. The van der Waals surface area contributed by atoms with E-state index in [1.165, 1.54) is 17.1 Å². The first-order valence-electron chi connectivity index (χ1n) is 9.32. The number of amides is 1. The number of H-pyrrole nitrogens is 1. The van der Waals surface area contributed by atoms with E-state index >= 15 is 0 Å². The zero-order valence-electron chi connectivity index (χ0n) is 16.2. The molecule has 1 aromatic heterocycles. The van der Waals surface area contributed by atoms with Gasteiger partial charge >= 0.3 is 0 Å². The first-order valence-corrected chi connectivity index (χ1v) is 9.32. The van der Waals surface area contributed by atoms with Crippen LogP contribution in [0.15, 0.2) is 47.7 Å². The first-order chi connectivity index (χ1) is 14.1. The summed E-state index contributed by atoms with van der Waals surface area (Å²) < 4.78 is 20.5. The fourth-order valence-electron chi connectivity index (χ4n) is 3.31. The van der Waals surface area contributed by atoms with Crippen LogP contribution >= 0.6 is 0 Å². The highest BCUT2D eigenvalue weighted by molar-refractivity contribution is 5.95. The summed E-state index contributed by atoms with van der Waals surface area (Å²) in [6, 6.07) is 11.0. The number of aromatic nitrogens is 2. The summed E-state index contributed by atoms with van der Waals surface area (Å²) in [6.45, 7) is 2.70. The molecule has 2 aromatic carbocycles. The van der Waals surface area contributed by atoms with Crippen LogP contribution in [0.5, 0.6) is 5.75 Å². The first kappa shape index (κ1) is 18.8. The quantitative estimate of drug-likeness (QED) is 0.652. The second kappa shape index (κ2) is 7.83. The number of hydrazone groups is 1. The van der Waals surface area contributed by atoms with E-state index in [4.69, 9.17) is 4.74 Å². The van der Waals surface area contributed by atoms with Crippen molar-refractivity contribution < 1.29 is 18.6 Å². The number of hydrogen-bond donors (Lipinski definition) is 1. The molecule has 1 N–H and O–H groups in total. The van der Waals surface area contributed by atoms with Gasteiger partial charge in [0.05, 0.1) is 18.3 Å². The third-order valence-electron chi connectivity index (χ3n) is 4.69. The topological polar surface area (TPSA) is 73.6 Å². The van der Waals surface area contributed by atoms with Gasteiger partial charge in [0.1, 0.15) is 6.21 Å². The van der Waals surface area contributed by atoms with Crippen molar-refractivity contribution in [3.8, 4) is 5.75 Å². The molecular weight excluding hydrogens is 373 g/mol. The fourth-order valence-corrected chi connectivity index (χ4v) is 3.31. The average molecular weight is 394 g/mol. The number of alkyl halides is 1. The van der Waals surface area contributed by atoms with Crippen LogP contribution in [0.4, 0.5) is 10.1 Å². The Hall–Kier alpha value is -3.55. The number of ether oxygens (including phenoxy) is 1. The van der Waals surface area contributed by atoms with E-state index < -0.39 is 6.17 Å². The molecule has 0 bridgehead atoms. The second-order valence-corrected chi connectivity index (χ2v) is 6.73. The molecule has 2 heterocycles. The number of nitrogens with one attached hydrogen (secondary N) is 1. The van der Waals surface area contributed by atoms with Crippen molar-refractivity contribution in [3.63, 3.8) is 0 Å². The molecule has 0 spiro atoms. The maximum atomic E-state index is 13.4. The normalized spacial score (nSPS) is 15.6. The molecule has 148 valence electrons. The molecule has 3 aromatic rings. The highest BCUT2D eigenvalue weighted by atomic mass is 19.1. The molecule has 8 heteroatoms. The molecule has 0 saturated heterocycles. The van der Waals surface area contributed by atoms with E-state index in [1.807, 2.05) is 25.1 Å². The molecular formula is C21H21FN5O2+. The predicted octanol–water partition coefficient (Wildman–Crippen LogP) is 3.29. The maximum absolute atomic E-state index is 13.4. The maximum Gasteiger partial charge on any atom is 0.279 e. The second-order valence-electron chi connectivity index (χ2n) is 6.73. The van der Waals surface area contributed by atoms with Crippen LogP contribution in [0.2, 0.25) is 0 Å². The molecule has 1 aliphatic heterocycles. The highest BCUT2D eigenvalue weighted by Crippen LogP contribution is 2.30. The lowest BCUT2D eigenvalue weighted by molar-refractivity contribution is -0.438. The van der Waals surface area contributed by atoms with Gasteiger partial charge in [-0.2, -0.15) is 5.10 Å². The van der Waals surface area contributed by atoms with Crippen molar-refractivity contribution in [1.82, 2.24) is 15.1 Å². The van der Waals surface area contributed by atoms with Crippen LogP contribution < -0.4 is 4.74 Å². The predicted molar refractivity (Wildman–Crippen MR) is 109 cm³/mol. The standard InChI is InChI=1S/C21H21FN5O2/c1-3-29-19-9-14(7-8-18(19)27-13-17(22)11-24-27)21(28)26(2)12-16-6-4-5-15-10-23-25-20(15)16/h4-11,13,17H,3,12H2,1-2H3,(H,23,25)/q+1. The third-order valence-corrected chi connectivity index (χ3v) is 4.69. The Bertz CT molecular complexity index is 1120. The summed E-state index contributed by atoms with van der Waals surface area (Å²) in [5, 5.41) is 12.1. The van der Waals surface area contributed by atoms with Crippen LogP contribution in [-0.2, 0) is 6.54 Å². The number of benzene rings is 2. The van der Waals surface area contributed by atoms with Crippen molar-refractivity contribution in [1.29, 1.82) is 0 Å². The molecule has 7 nitrogen and oxygen atoms in total. The van der Waals surface area contributed by atoms with Gasteiger partial charge in [0, 0.05) is 30.6 Å². The Morgan fingerprint density at radius 3 is 2.97 bits per heavy atom. The van der Waals surface area contributed by atoms with E-state index in [2.05, 4.69) is 15.3 Å². The SMILES string of the molecule is CCOc1cc(C(=O)N(C)Cc2cccc3cn[nH]c23)ccc1[N+]1=CC(F)C=N1. The molecule has 0 aliphatic carbocycles. The van der Waals surface area contributed by atoms with Crippen molar-refractivity contribution in [3.05, 3.63) is 53.7 Å². The summed E-state index contributed by atoms with van der Waals surface area (Å²) in [7, 11) is 1.75.